The molecule has 0 aliphatic heterocycles. The Morgan fingerprint density at radius 1 is 1.15 bits per heavy atom. The Labute approximate surface area is 152 Å². The molecule has 6 nitrogen and oxygen atoms in total. The van der Waals surface area contributed by atoms with Gasteiger partial charge in [-0.05, 0) is 24.3 Å². The number of methoxy groups -OCH3 is 1. The lowest BCUT2D eigenvalue weighted by Gasteiger charge is -2.28. The highest BCUT2D eigenvalue weighted by Gasteiger charge is 2.42. The Morgan fingerprint density at radius 2 is 1.81 bits per heavy atom. The second-order valence-corrected chi connectivity index (χ2v) is 6.57. The molecule has 3 amide bonds. The maximum absolute atomic E-state index is 12.8. The van der Waals surface area contributed by atoms with Gasteiger partial charge in [0.25, 0.3) is 5.91 Å². The van der Waals surface area contributed by atoms with Crippen molar-refractivity contribution in [1.29, 1.82) is 0 Å². The van der Waals surface area contributed by atoms with E-state index in [0.29, 0.717) is 12.6 Å². The van der Waals surface area contributed by atoms with E-state index in [9.17, 15) is 9.59 Å². The van der Waals surface area contributed by atoms with Crippen LogP contribution in [0.25, 0.3) is 0 Å². The van der Waals surface area contributed by atoms with Gasteiger partial charge in [-0.25, -0.2) is 4.79 Å². The summed E-state index contributed by atoms with van der Waals surface area (Å²) in [6.45, 7) is 0.681. The van der Waals surface area contributed by atoms with Gasteiger partial charge in [0, 0.05) is 24.0 Å². The molecule has 6 heteroatoms. The molecule has 0 radical (unpaired) electrons. The largest absolute Gasteiger partial charge is 0.497 e. The van der Waals surface area contributed by atoms with E-state index in [1.54, 1.807) is 7.11 Å². The molecule has 0 saturated heterocycles. The van der Waals surface area contributed by atoms with E-state index < -0.39 is 12.1 Å². The number of nitrogens with one attached hydrogen (secondary N) is 2. The Kier molecular flexibility index (Phi) is 5.53. The highest BCUT2D eigenvalue weighted by Crippen LogP contribution is 2.21. The molecule has 1 unspecified atom stereocenters. The third-order valence-corrected chi connectivity index (χ3v) is 4.68. The number of carbonyl (C=O) groups is 2. The van der Waals surface area contributed by atoms with Crippen LogP contribution in [0.3, 0.4) is 0 Å². The number of urea groups is 1. The average molecular weight is 354 g/mol. The zero-order chi connectivity index (χ0) is 18.5. The summed E-state index contributed by atoms with van der Waals surface area (Å²) in [4.78, 5) is 25.1. The van der Waals surface area contributed by atoms with Crippen molar-refractivity contribution in [3.05, 3.63) is 65.7 Å². The van der Waals surface area contributed by atoms with E-state index in [1.165, 1.54) is 0 Å². The number of hydrogen-bond donors (Lipinski definition) is 3. The van der Waals surface area contributed by atoms with E-state index in [-0.39, 0.29) is 5.91 Å². The SMILES string of the molecule is COc1ccc(C[NH+](C2CC2)[C@H](C(=O)NC(N)=O)c2ccccc2)cc1. The van der Waals surface area contributed by atoms with Crippen molar-refractivity contribution in [2.75, 3.05) is 7.11 Å². The maximum Gasteiger partial charge on any atom is 0.319 e. The molecular formula is C20H24N3O3+. The van der Waals surface area contributed by atoms with Crippen molar-refractivity contribution in [2.45, 2.75) is 31.5 Å². The molecular weight excluding hydrogens is 330 g/mol. The van der Waals surface area contributed by atoms with Gasteiger partial charge in [-0.2, -0.15) is 0 Å². The summed E-state index contributed by atoms with van der Waals surface area (Å²) in [6, 6.07) is 16.5. The number of amides is 3. The summed E-state index contributed by atoms with van der Waals surface area (Å²) < 4.78 is 5.21. The molecule has 2 aromatic carbocycles. The molecule has 1 aliphatic rings. The second-order valence-electron chi connectivity index (χ2n) is 6.57. The fourth-order valence-electron chi connectivity index (χ4n) is 3.29. The highest BCUT2D eigenvalue weighted by atomic mass is 16.5. The van der Waals surface area contributed by atoms with E-state index >= 15 is 0 Å². The minimum absolute atomic E-state index is 0.362. The van der Waals surface area contributed by atoms with Crippen molar-refractivity contribution in [1.82, 2.24) is 5.32 Å². The molecule has 1 fully saturated rings. The predicted octanol–water partition coefficient (Wildman–Crippen LogP) is 1.18. The molecule has 1 aliphatic carbocycles. The first-order valence-electron chi connectivity index (χ1n) is 8.72. The minimum atomic E-state index is -0.824. The van der Waals surface area contributed by atoms with Gasteiger partial charge < -0.3 is 15.4 Å². The van der Waals surface area contributed by atoms with Crippen LogP contribution in [0.15, 0.2) is 54.6 Å². The van der Waals surface area contributed by atoms with Crippen LogP contribution >= 0.6 is 0 Å². The Bertz CT molecular complexity index is 758. The lowest BCUT2D eigenvalue weighted by Crippen LogP contribution is -3.13. The topological polar surface area (TPSA) is 85.9 Å². The quantitative estimate of drug-likeness (QED) is 0.698. The van der Waals surface area contributed by atoms with Crippen molar-refractivity contribution in [3.8, 4) is 5.75 Å². The molecule has 0 aromatic heterocycles. The summed E-state index contributed by atoms with van der Waals surface area (Å²) >= 11 is 0. The number of nitrogens with two attached hydrogens (primary N) is 1. The van der Waals surface area contributed by atoms with E-state index in [4.69, 9.17) is 10.5 Å². The molecule has 0 spiro atoms. The number of carbonyl (C=O) groups excluding carboxylic acids is 2. The first-order valence-corrected chi connectivity index (χ1v) is 8.72. The van der Waals surface area contributed by atoms with Crippen LogP contribution in [0.4, 0.5) is 4.79 Å². The summed E-state index contributed by atoms with van der Waals surface area (Å²) in [5, 5.41) is 2.27. The molecule has 2 aromatic rings. The van der Waals surface area contributed by atoms with Gasteiger partial charge in [-0.3, -0.25) is 10.1 Å². The third kappa shape index (κ3) is 4.40. The minimum Gasteiger partial charge on any atom is -0.497 e. The van der Waals surface area contributed by atoms with Gasteiger partial charge in [-0.15, -0.1) is 0 Å². The number of benzene rings is 2. The van der Waals surface area contributed by atoms with Crippen molar-refractivity contribution >= 4 is 11.9 Å². The van der Waals surface area contributed by atoms with E-state index in [2.05, 4.69) is 5.32 Å². The van der Waals surface area contributed by atoms with Crippen molar-refractivity contribution in [2.24, 2.45) is 5.73 Å². The van der Waals surface area contributed by atoms with Gasteiger partial charge in [-0.1, -0.05) is 30.3 Å². The normalized spacial score (nSPS) is 15.7. The van der Waals surface area contributed by atoms with Crippen molar-refractivity contribution in [3.63, 3.8) is 0 Å². The van der Waals surface area contributed by atoms with Crippen LogP contribution in [-0.4, -0.2) is 25.1 Å². The van der Waals surface area contributed by atoms with Gasteiger partial charge in [0.2, 0.25) is 0 Å². The molecule has 0 bridgehead atoms. The lowest BCUT2D eigenvalue weighted by atomic mass is 10.0. The maximum atomic E-state index is 12.8. The molecule has 2 atom stereocenters. The molecule has 136 valence electrons. The fourth-order valence-corrected chi connectivity index (χ4v) is 3.29. The summed E-state index contributed by atoms with van der Waals surface area (Å²) in [5.74, 6) is 0.437. The zero-order valence-corrected chi connectivity index (χ0v) is 14.8. The molecule has 4 N–H and O–H groups in total. The highest BCUT2D eigenvalue weighted by molar-refractivity contribution is 5.96. The smallest absolute Gasteiger partial charge is 0.319 e. The number of imide groups is 1. The Balaban J connectivity index is 1.89. The molecule has 0 heterocycles. The summed E-state index contributed by atoms with van der Waals surface area (Å²) in [6.07, 6.45) is 2.14. The molecule has 3 rings (SSSR count). The molecule has 1 saturated carbocycles. The summed E-state index contributed by atoms with van der Waals surface area (Å²) in [5.41, 5.74) is 7.18. The van der Waals surface area contributed by atoms with Gasteiger partial charge in [0.15, 0.2) is 6.04 Å². The monoisotopic (exact) mass is 354 g/mol. The van der Waals surface area contributed by atoms with Crippen LogP contribution in [0.1, 0.15) is 30.0 Å². The number of rotatable bonds is 7. The molecule has 26 heavy (non-hydrogen) atoms. The van der Waals surface area contributed by atoms with Gasteiger partial charge in [0.05, 0.1) is 13.2 Å². The van der Waals surface area contributed by atoms with Crippen LogP contribution in [0.2, 0.25) is 0 Å². The number of primary amides is 1. The Morgan fingerprint density at radius 3 is 2.35 bits per heavy atom. The Hall–Kier alpha value is -2.86. The van der Waals surface area contributed by atoms with E-state index in [0.717, 1.165) is 34.6 Å². The van der Waals surface area contributed by atoms with Crippen LogP contribution in [0.5, 0.6) is 5.75 Å². The second kappa shape index (κ2) is 8.01. The van der Waals surface area contributed by atoms with Gasteiger partial charge >= 0.3 is 6.03 Å². The van der Waals surface area contributed by atoms with Crippen molar-refractivity contribution < 1.29 is 19.2 Å². The van der Waals surface area contributed by atoms with Crippen LogP contribution < -0.4 is 20.7 Å². The zero-order valence-electron chi connectivity index (χ0n) is 14.8. The lowest BCUT2D eigenvalue weighted by molar-refractivity contribution is -0.946. The number of hydrogen-bond acceptors (Lipinski definition) is 3. The van der Waals surface area contributed by atoms with Gasteiger partial charge in [0.1, 0.15) is 12.3 Å². The average Bonchev–Trinajstić information content (AvgIpc) is 3.47. The predicted molar refractivity (Wildman–Crippen MR) is 97.6 cm³/mol. The third-order valence-electron chi connectivity index (χ3n) is 4.68. The number of ether oxygens (including phenoxy) is 1. The van der Waals surface area contributed by atoms with Crippen LogP contribution in [0, 0.1) is 0 Å². The standard InChI is InChI=1S/C20H23N3O3/c1-26-17-11-7-14(8-12-17)13-23(16-9-10-16)18(19(24)22-20(21)25)15-5-3-2-4-6-15/h2-8,11-12,16,18H,9-10,13H2,1H3,(H3,21,22,24,25)/p+1/t18-/m0/s1. The first-order chi connectivity index (χ1) is 12.6. The van der Waals surface area contributed by atoms with E-state index in [1.807, 2.05) is 54.6 Å². The summed E-state index contributed by atoms with van der Waals surface area (Å²) in [7, 11) is 1.64. The fraction of sp³-hybridized carbons (Fsp3) is 0.300. The number of quaternary nitrogens is 1. The van der Waals surface area contributed by atoms with Crippen LogP contribution in [-0.2, 0) is 11.3 Å². The first kappa shape index (κ1) is 17.9.